The number of rotatable bonds is 3. The number of piperidine rings is 1. The summed E-state index contributed by atoms with van der Waals surface area (Å²) < 4.78 is 1.76. The van der Waals surface area contributed by atoms with E-state index in [9.17, 15) is 4.79 Å². The molecule has 2 N–H and O–H groups in total. The lowest BCUT2D eigenvalue weighted by molar-refractivity contribution is -0.126. The van der Waals surface area contributed by atoms with Crippen LogP contribution >= 0.6 is 0 Å². The molecule has 21 heavy (non-hydrogen) atoms. The standard InChI is InChI=1S/C14H18N6O/c1-11-16-9-12(10-17-11)19-13(21)14(3-6-15-7-4-14)20-8-2-5-18-20/h2,5,8-10,15H,3-4,6-7H2,1H3,(H,19,21). The summed E-state index contributed by atoms with van der Waals surface area (Å²) in [5.41, 5.74) is -0.0460. The van der Waals surface area contributed by atoms with Crippen LogP contribution in [0.4, 0.5) is 5.69 Å². The molecule has 1 saturated heterocycles. The van der Waals surface area contributed by atoms with Gasteiger partial charge in [-0.15, -0.1) is 0 Å². The molecule has 0 spiro atoms. The molecule has 1 aliphatic rings. The number of hydrogen-bond donors (Lipinski definition) is 2. The number of aromatic nitrogens is 4. The van der Waals surface area contributed by atoms with Crippen molar-refractivity contribution in [3.63, 3.8) is 0 Å². The van der Waals surface area contributed by atoms with Crippen LogP contribution in [0.25, 0.3) is 0 Å². The van der Waals surface area contributed by atoms with Crippen LogP contribution in [-0.4, -0.2) is 38.7 Å². The first-order valence-electron chi connectivity index (χ1n) is 7.02. The minimum Gasteiger partial charge on any atom is -0.321 e. The van der Waals surface area contributed by atoms with Crippen molar-refractivity contribution in [2.45, 2.75) is 25.3 Å². The Bertz CT molecular complexity index is 601. The highest BCUT2D eigenvalue weighted by atomic mass is 16.2. The molecular formula is C14H18N6O. The van der Waals surface area contributed by atoms with E-state index in [1.54, 1.807) is 23.3 Å². The van der Waals surface area contributed by atoms with Crippen LogP contribution < -0.4 is 10.6 Å². The molecule has 3 heterocycles. The molecule has 0 saturated carbocycles. The third-order valence-corrected chi connectivity index (χ3v) is 3.84. The van der Waals surface area contributed by atoms with Crippen LogP contribution in [0.3, 0.4) is 0 Å². The monoisotopic (exact) mass is 286 g/mol. The van der Waals surface area contributed by atoms with Crippen LogP contribution in [0.5, 0.6) is 0 Å². The lowest BCUT2D eigenvalue weighted by Crippen LogP contribution is -2.52. The van der Waals surface area contributed by atoms with Gasteiger partial charge in [0.15, 0.2) is 0 Å². The van der Waals surface area contributed by atoms with E-state index in [4.69, 9.17) is 0 Å². The third-order valence-electron chi connectivity index (χ3n) is 3.84. The fourth-order valence-electron chi connectivity index (χ4n) is 2.63. The number of anilines is 1. The maximum absolute atomic E-state index is 12.8. The summed E-state index contributed by atoms with van der Waals surface area (Å²) in [4.78, 5) is 21.0. The van der Waals surface area contributed by atoms with Crippen molar-refractivity contribution in [3.8, 4) is 0 Å². The van der Waals surface area contributed by atoms with Crippen LogP contribution in [0.2, 0.25) is 0 Å². The number of aryl methyl sites for hydroxylation is 1. The molecule has 1 fully saturated rings. The SMILES string of the molecule is Cc1ncc(NC(=O)C2(n3cccn3)CCNCC2)cn1. The Morgan fingerprint density at radius 2 is 2.05 bits per heavy atom. The second kappa shape index (κ2) is 5.61. The quantitative estimate of drug-likeness (QED) is 0.867. The number of amides is 1. The zero-order valence-electron chi connectivity index (χ0n) is 11.9. The fourth-order valence-corrected chi connectivity index (χ4v) is 2.63. The maximum atomic E-state index is 12.8. The van der Waals surface area contributed by atoms with Gasteiger partial charge in [0.2, 0.25) is 0 Å². The minimum atomic E-state index is -0.653. The Labute approximate surface area is 122 Å². The Kier molecular flexibility index (Phi) is 3.66. The molecule has 0 aromatic carbocycles. The highest BCUT2D eigenvalue weighted by Crippen LogP contribution is 2.28. The van der Waals surface area contributed by atoms with Crippen LogP contribution in [-0.2, 0) is 10.3 Å². The van der Waals surface area contributed by atoms with Gasteiger partial charge in [-0.3, -0.25) is 9.48 Å². The van der Waals surface area contributed by atoms with E-state index in [0.29, 0.717) is 24.4 Å². The van der Waals surface area contributed by atoms with Crippen molar-refractivity contribution in [1.29, 1.82) is 0 Å². The Morgan fingerprint density at radius 3 is 2.67 bits per heavy atom. The lowest BCUT2D eigenvalue weighted by Gasteiger charge is -2.36. The molecular weight excluding hydrogens is 268 g/mol. The van der Waals surface area contributed by atoms with Crippen molar-refractivity contribution >= 4 is 11.6 Å². The molecule has 1 aliphatic heterocycles. The summed E-state index contributed by atoms with van der Waals surface area (Å²) in [5, 5.41) is 10.5. The first kappa shape index (κ1) is 13.7. The van der Waals surface area contributed by atoms with E-state index < -0.39 is 5.54 Å². The summed E-state index contributed by atoms with van der Waals surface area (Å²) in [5.74, 6) is 0.608. The van der Waals surface area contributed by atoms with E-state index in [1.165, 1.54) is 0 Å². The van der Waals surface area contributed by atoms with Gasteiger partial charge in [-0.05, 0) is 38.9 Å². The minimum absolute atomic E-state index is 0.0693. The van der Waals surface area contributed by atoms with Gasteiger partial charge in [-0.1, -0.05) is 0 Å². The third kappa shape index (κ3) is 2.64. The predicted octanol–water partition coefficient (Wildman–Crippen LogP) is 0.699. The number of carbonyl (C=O) groups excluding carboxylic acids is 1. The molecule has 7 heteroatoms. The normalized spacial score (nSPS) is 17.4. The molecule has 7 nitrogen and oxygen atoms in total. The van der Waals surface area contributed by atoms with E-state index in [2.05, 4.69) is 25.7 Å². The molecule has 0 unspecified atom stereocenters. The Balaban J connectivity index is 1.86. The summed E-state index contributed by atoms with van der Waals surface area (Å²) in [7, 11) is 0. The first-order valence-corrected chi connectivity index (χ1v) is 7.02. The van der Waals surface area contributed by atoms with Crippen molar-refractivity contribution in [2.75, 3.05) is 18.4 Å². The topological polar surface area (TPSA) is 84.7 Å². The van der Waals surface area contributed by atoms with Gasteiger partial charge in [0.05, 0.1) is 18.1 Å². The number of nitrogens with zero attached hydrogens (tertiary/aromatic N) is 4. The lowest BCUT2D eigenvalue weighted by atomic mass is 9.87. The summed E-state index contributed by atoms with van der Waals surface area (Å²) in [6.07, 6.45) is 8.19. The number of hydrogen-bond acceptors (Lipinski definition) is 5. The summed E-state index contributed by atoms with van der Waals surface area (Å²) in [6, 6.07) is 1.84. The van der Waals surface area contributed by atoms with E-state index in [0.717, 1.165) is 13.1 Å². The average molecular weight is 286 g/mol. The van der Waals surface area contributed by atoms with Gasteiger partial charge in [0, 0.05) is 12.4 Å². The van der Waals surface area contributed by atoms with Gasteiger partial charge in [0.1, 0.15) is 11.4 Å². The van der Waals surface area contributed by atoms with E-state index in [-0.39, 0.29) is 5.91 Å². The van der Waals surface area contributed by atoms with E-state index >= 15 is 0 Å². The Hall–Kier alpha value is -2.28. The second-order valence-corrected chi connectivity index (χ2v) is 5.21. The Morgan fingerprint density at radius 1 is 1.33 bits per heavy atom. The molecule has 3 rings (SSSR count). The van der Waals surface area contributed by atoms with E-state index in [1.807, 2.05) is 19.2 Å². The smallest absolute Gasteiger partial charge is 0.252 e. The van der Waals surface area contributed by atoms with Crippen LogP contribution in [0.1, 0.15) is 18.7 Å². The first-order chi connectivity index (χ1) is 10.2. The van der Waals surface area contributed by atoms with Gasteiger partial charge in [0.25, 0.3) is 5.91 Å². The highest BCUT2D eigenvalue weighted by molar-refractivity contribution is 5.96. The molecule has 0 bridgehead atoms. The maximum Gasteiger partial charge on any atom is 0.252 e. The van der Waals surface area contributed by atoms with Gasteiger partial charge in [-0.2, -0.15) is 5.10 Å². The molecule has 0 aliphatic carbocycles. The van der Waals surface area contributed by atoms with Gasteiger partial charge < -0.3 is 10.6 Å². The molecule has 2 aromatic heterocycles. The van der Waals surface area contributed by atoms with Crippen molar-refractivity contribution in [3.05, 3.63) is 36.7 Å². The van der Waals surface area contributed by atoms with Crippen molar-refractivity contribution in [1.82, 2.24) is 25.1 Å². The summed E-state index contributed by atoms with van der Waals surface area (Å²) >= 11 is 0. The fraction of sp³-hybridized carbons (Fsp3) is 0.429. The van der Waals surface area contributed by atoms with Crippen LogP contribution in [0.15, 0.2) is 30.9 Å². The summed E-state index contributed by atoms with van der Waals surface area (Å²) in [6.45, 7) is 3.39. The average Bonchev–Trinajstić information content (AvgIpc) is 3.05. The zero-order chi connectivity index (χ0) is 14.7. The van der Waals surface area contributed by atoms with Crippen molar-refractivity contribution in [2.24, 2.45) is 0 Å². The van der Waals surface area contributed by atoms with Crippen LogP contribution in [0, 0.1) is 6.92 Å². The molecule has 1 amide bonds. The largest absolute Gasteiger partial charge is 0.321 e. The molecule has 0 radical (unpaired) electrons. The van der Waals surface area contributed by atoms with Gasteiger partial charge in [-0.25, -0.2) is 9.97 Å². The molecule has 110 valence electrons. The second-order valence-electron chi connectivity index (χ2n) is 5.21. The number of carbonyl (C=O) groups is 1. The van der Waals surface area contributed by atoms with Crippen molar-refractivity contribution < 1.29 is 4.79 Å². The number of nitrogens with one attached hydrogen (secondary N) is 2. The molecule has 0 atom stereocenters. The highest BCUT2D eigenvalue weighted by Gasteiger charge is 2.42. The van der Waals surface area contributed by atoms with Gasteiger partial charge >= 0.3 is 0 Å². The molecule has 2 aromatic rings. The predicted molar refractivity (Wildman–Crippen MR) is 77.7 cm³/mol. The zero-order valence-corrected chi connectivity index (χ0v) is 11.9.